The molecule has 0 aliphatic rings. The molecule has 0 saturated carbocycles. The third-order valence-electron chi connectivity index (χ3n) is 0.917. The van der Waals surface area contributed by atoms with E-state index in [2.05, 4.69) is 0 Å². The standard InChI is InChI=1S/C6H13N2O/c1-5(2)3-4-6(9)8-7/h4-5H,3,7H2,1-2H3,(H,8,9). The topological polar surface area (TPSA) is 55.1 Å². The lowest BCUT2D eigenvalue weighted by atomic mass is 10.1. The fourth-order valence-corrected chi connectivity index (χ4v) is 0.402. The highest BCUT2D eigenvalue weighted by atomic mass is 16.2. The SMILES string of the molecule is CC(C)C[CH]C(=O)NN. The van der Waals surface area contributed by atoms with Gasteiger partial charge in [0.25, 0.3) is 0 Å². The van der Waals surface area contributed by atoms with Crippen LogP contribution in [-0.4, -0.2) is 5.91 Å². The van der Waals surface area contributed by atoms with Crippen LogP contribution in [0.15, 0.2) is 0 Å². The van der Waals surface area contributed by atoms with E-state index in [9.17, 15) is 4.79 Å². The minimum atomic E-state index is -0.205. The number of carbonyl (C=O) groups excluding carboxylic acids is 1. The maximum absolute atomic E-state index is 10.4. The number of carbonyl (C=O) groups is 1. The Labute approximate surface area is 55.6 Å². The Hall–Kier alpha value is -0.570. The highest BCUT2D eigenvalue weighted by molar-refractivity contribution is 5.83. The van der Waals surface area contributed by atoms with Crippen LogP contribution in [0.4, 0.5) is 0 Å². The number of amides is 1. The lowest BCUT2D eigenvalue weighted by molar-refractivity contribution is -0.118. The van der Waals surface area contributed by atoms with E-state index < -0.39 is 0 Å². The van der Waals surface area contributed by atoms with Gasteiger partial charge in [0.1, 0.15) is 0 Å². The van der Waals surface area contributed by atoms with Crippen LogP contribution in [0.25, 0.3) is 0 Å². The number of hydrazine groups is 1. The number of hydrogen-bond acceptors (Lipinski definition) is 2. The van der Waals surface area contributed by atoms with Gasteiger partial charge in [-0.2, -0.15) is 0 Å². The van der Waals surface area contributed by atoms with Crippen molar-refractivity contribution in [2.24, 2.45) is 11.8 Å². The summed E-state index contributed by atoms with van der Waals surface area (Å²) in [5, 5.41) is 0. The highest BCUT2D eigenvalue weighted by Gasteiger charge is 1.99. The Kier molecular flexibility index (Phi) is 4.05. The van der Waals surface area contributed by atoms with Gasteiger partial charge < -0.3 is 0 Å². The molecule has 0 atom stereocenters. The highest BCUT2D eigenvalue weighted by Crippen LogP contribution is 2.00. The number of nitrogens with one attached hydrogen (secondary N) is 1. The van der Waals surface area contributed by atoms with Crippen LogP contribution in [0.3, 0.4) is 0 Å². The summed E-state index contributed by atoms with van der Waals surface area (Å²) in [4.78, 5) is 10.4. The molecule has 0 rings (SSSR count). The largest absolute Gasteiger partial charge is 0.294 e. The summed E-state index contributed by atoms with van der Waals surface area (Å²) in [7, 11) is 0. The van der Waals surface area contributed by atoms with Crippen molar-refractivity contribution in [1.29, 1.82) is 0 Å². The van der Waals surface area contributed by atoms with Crippen molar-refractivity contribution in [3.8, 4) is 0 Å². The average Bonchev–Trinajstić information content (AvgIpc) is 1.83. The van der Waals surface area contributed by atoms with E-state index in [0.29, 0.717) is 5.92 Å². The summed E-state index contributed by atoms with van der Waals surface area (Å²) in [5.74, 6) is 5.14. The van der Waals surface area contributed by atoms with Gasteiger partial charge in [0.05, 0.1) is 6.42 Å². The van der Waals surface area contributed by atoms with Crippen LogP contribution >= 0.6 is 0 Å². The van der Waals surface area contributed by atoms with Crippen LogP contribution in [0.5, 0.6) is 0 Å². The van der Waals surface area contributed by atoms with Gasteiger partial charge in [-0.15, -0.1) is 0 Å². The van der Waals surface area contributed by atoms with Gasteiger partial charge in [0.2, 0.25) is 5.91 Å². The van der Waals surface area contributed by atoms with E-state index in [-0.39, 0.29) is 5.91 Å². The van der Waals surface area contributed by atoms with E-state index in [0.717, 1.165) is 6.42 Å². The summed E-state index contributed by atoms with van der Waals surface area (Å²) < 4.78 is 0. The van der Waals surface area contributed by atoms with Crippen LogP contribution in [0.2, 0.25) is 0 Å². The lowest BCUT2D eigenvalue weighted by Gasteiger charge is -2.00. The molecule has 3 nitrogen and oxygen atoms in total. The van der Waals surface area contributed by atoms with Crippen molar-refractivity contribution in [2.75, 3.05) is 0 Å². The van der Waals surface area contributed by atoms with Gasteiger partial charge in [0.15, 0.2) is 0 Å². The maximum Gasteiger partial charge on any atom is 0.237 e. The first-order valence-electron chi connectivity index (χ1n) is 3.00. The quantitative estimate of drug-likeness (QED) is 0.325. The molecule has 1 radical (unpaired) electrons. The van der Waals surface area contributed by atoms with Gasteiger partial charge in [-0.25, -0.2) is 5.84 Å². The predicted octanol–water partition coefficient (Wildman–Crippen LogP) is 0.227. The summed E-state index contributed by atoms with van der Waals surface area (Å²) in [6.07, 6.45) is 2.33. The minimum absolute atomic E-state index is 0.205. The Morgan fingerprint density at radius 1 is 1.78 bits per heavy atom. The molecule has 0 aromatic heterocycles. The number of nitrogens with two attached hydrogens (primary N) is 1. The fourth-order valence-electron chi connectivity index (χ4n) is 0.402. The average molecular weight is 129 g/mol. The first-order chi connectivity index (χ1) is 4.16. The molecule has 3 N–H and O–H groups in total. The van der Waals surface area contributed by atoms with Crippen LogP contribution in [-0.2, 0) is 4.79 Å². The minimum Gasteiger partial charge on any atom is -0.294 e. The van der Waals surface area contributed by atoms with E-state index in [1.165, 1.54) is 0 Å². The van der Waals surface area contributed by atoms with E-state index in [1.807, 2.05) is 19.3 Å². The van der Waals surface area contributed by atoms with Crippen molar-refractivity contribution in [3.63, 3.8) is 0 Å². The Bertz CT molecular complexity index is 91.1. The molecular weight excluding hydrogens is 116 g/mol. The summed E-state index contributed by atoms with van der Waals surface area (Å²) in [5.41, 5.74) is 2.03. The Balaban J connectivity index is 3.17. The van der Waals surface area contributed by atoms with Crippen molar-refractivity contribution in [1.82, 2.24) is 5.43 Å². The fraction of sp³-hybridized carbons (Fsp3) is 0.667. The summed E-state index contributed by atoms with van der Waals surface area (Å²) >= 11 is 0. The van der Waals surface area contributed by atoms with E-state index >= 15 is 0 Å². The second-order valence-corrected chi connectivity index (χ2v) is 2.34. The van der Waals surface area contributed by atoms with Crippen LogP contribution in [0, 0.1) is 12.3 Å². The molecule has 0 saturated heterocycles. The zero-order valence-corrected chi connectivity index (χ0v) is 5.85. The molecule has 0 aromatic rings. The number of hydrogen-bond donors (Lipinski definition) is 2. The lowest BCUT2D eigenvalue weighted by Crippen LogP contribution is -2.30. The second-order valence-electron chi connectivity index (χ2n) is 2.34. The first kappa shape index (κ1) is 8.43. The molecular formula is C6H13N2O. The molecule has 0 fully saturated rings. The molecule has 0 heterocycles. The molecule has 3 heteroatoms. The Morgan fingerprint density at radius 2 is 2.33 bits per heavy atom. The smallest absolute Gasteiger partial charge is 0.237 e. The molecule has 0 unspecified atom stereocenters. The normalized spacial score (nSPS) is 9.78. The van der Waals surface area contributed by atoms with Gasteiger partial charge >= 0.3 is 0 Å². The Morgan fingerprint density at radius 3 is 2.67 bits per heavy atom. The third-order valence-corrected chi connectivity index (χ3v) is 0.917. The number of rotatable bonds is 3. The predicted molar refractivity (Wildman–Crippen MR) is 36.1 cm³/mol. The molecule has 1 amide bonds. The van der Waals surface area contributed by atoms with Gasteiger partial charge in [0, 0.05) is 0 Å². The molecule has 9 heavy (non-hydrogen) atoms. The molecule has 0 bridgehead atoms. The maximum atomic E-state index is 10.4. The van der Waals surface area contributed by atoms with Crippen LogP contribution < -0.4 is 11.3 Å². The molecule has 53 valence electrons. The molecule has 0 aromatic carbocycles. The second kappa shape index (κ2) is 4.32. The third kappa shape index (κ3) is 5.30. The van der Waals surface area contributed by atoms with Crippen molar-refractivity contribution in [2.45, 2.75) is 20.3 Å². The molecule has 0 aliphatic heterocycles. The van der Waals surface area contributed by atoms with Crippen molar-refractivity contribution < 1.29 is 4.79 Å². The van der Waals surface area contributed by atoms with E-state index in [1.54, 1.807) is 6.42 Å². The molecule has 0 aliphatic carbocycles. The zero-order chi connectivity index (χ0) is 7.28. The molecule has 0 spiro atoms. The van der Waals surface area contributed by atoms with Crippen molar-refractivity contribution in [3.05, 3.63) is 6.42 Å². The van der Waals surface area contributed by atoms with Gasteiger partial charge in [-0.05, 0) is 12.3 Å². The summed E-state index contributed by atoms with van der Waals surface area (Å²) in [6.45, 7) is 4.08. The van der Waals surface area contributed by atoms with E-state index in [4.69, 9.17) is 5.84 Å². The summed E-state index contributed by atoms with van der Waals surface area (Å²) in [6, 6.07) is 0. The first-order valence-corrected chi connectivity index (χ1v) is 3.00. The van der Waals surface area contributed by atoms with Gasteiger partial charge in [-0.1, -0.05) is 13.8 Å². The van der Waals surface area contributed by atoms with Crippen molar-refractivity contribution >= 4 is 5.91 Å². The van der Waals surface area contributed by atoms with Gasteiger partial charge in [-0.3, -0.25) is 10.2 Å². The van der Waals surface area contributed by atoms with Crippen LogP contribution in [0.1, 0.15) is 20.3 Å². The zero-order valence-electron chi connectivity index (χ0n) is 5.85. The monoisotopic (exact) mass is 129 g/mol.